The number of carbonyl (C=O) groups is 1. The molecule has 1 atom stereocenters. The molecule has 1 N–H and O–H groups in total. The van der Waals surface area contributed by atoms with Gasteiger partial charge in [0.05, 0.1) is 0 Å². The number of aryl methyl sites for hydroxylation is 1. The lowest BCUT2D eigenvalue weighted by atomic mass is 10.1. The maximum atomic E-state index is 10.7. The Bertz CT molecular complexity index is 371. The van der Waals surface area contributed by atoms with E-state index in [1.165, 1.54) is 5.56 Å². The maximum absolute atomic E-state index is 10.7. The summed E-state index contributed by atoms with van der Waals surface area (Å²) < 4.78 is 5.27. The Kier molecular flexibility index (Phi) is 2.15. The van der Waals surface area contributed by atoms with Gasteiger partial charge in [-0.2, -0.15) is 0 Å². The Morgan fingerprint density at radius 2 is 2.43 bits per heavy atom. The van der Waals surface area contributed by atoms with Gasteiger partial charge in [-0.25, -0.2) is 4.79 Å². The molecule has 0 spiro atoms. The molecular weight excluding hydrogens is 180 g/mol. The van der Waals surface area contributed by atoms with Crippen LogP contribution in [-0.2, 0) is 17.6 Å². The molecule has 14 heavy (non-hydrogen) atoms. The highest BCUT2D eigenvalue weighted by Gasteiger charge is 2.28. The number of hydrogen-bond acceptors (Lipinski definition) is 2. The number of carboxylic acids is 1. The first-order chi connectivity index (χ1) is 6.70. The van der Waals surface area contributed by atoms with Crippen LogP contribution in [0.5, 0.6) is 5.75 Å². The first-order valence-electron chi connectivity index (χ1n) is 4.72. The normalized spacial score (nSPS) is 18.8. The molecule has 1 aliphatic rings. The Hall–Kier alpha value is -1.51. The smallest absolute Gasteiger partial charge is 0.345 e. The fourth-order valence-electron chi connectivity index (χ4n) is 1.66. The van der Waals surface area contributed by atoms with Crippen LogP contribution in [0.4, 0.5) is 0 Å². The van der Waals surface area contributed by atoms with E-state index in [1.807, 2.05) is 18.2 Å². The minimum absolute atomic E-state index is 0.485. The maximum Gasteiger partial charge on any atom is 0.345 e. The zero-order chi connectivity index (χ0) is 10.1. The second-order valence-corrected chi connectivity index (χ2v) is 3.44. The molecule has 0 amide bonds. The van der Waals surface area contributed by atoms with Gasteiger partial charge < -0.3 is 9.84 Å². The van der Waals surface area contributed by atoms with E-state index >= 15 is 0 Å². The fourth-order valence-corrected chi connectivity index (χ4v) is 1.66. The number of rotatable bonds is 2. The molecule has 0 bridgehead atoms. The molecule has 0 fully saturated rings. The lowest BCUT2D eigenvalue weighted by Gasteiger charge is -2.03. The van der Waals surface area contributed by atoms with Crippen molar-refractivity contribution in [3.8, 4) is 5.75 Å². The first-order valence-corrected chi connectivity index (χ1v) is 4.72. The van der Waals surface area contributed by atoms with Crippen LogP contribution in [0.25, 0.3) is 0 Å². The lowest BCUT2D eigenvalue weighted by molar-refractivity contribution is -0.144. The Morgan fingerprint density at radius 1 is 1.64 bits per heavy atom. The molecule has 1 aromatic rings. The topological polar surface area (TPSA) is 46.5 Å². The van der Waals surface area contributed by atoms with E-state index < -0.39 is 12.1 Å². The van der Waals surface area contributed by atoms with Crippen molar-refractivity contribution in [2.24, 2.45) is 0 Å². The number of aliphatic carboxylic acids is 1. The number of hydrogen-bond donors (Lipinski definition) is 1. The summed E-state index contributed by atoms with van der Waals surface area (Å²) in [6.07, 6.45) is 0.751. The summed E-state index contributed by atoms with van der Waals surface area (Å²) in [6, 6.07) is 5.86. The molecule has 3 nitrogen and oxygen atoms in total. The molecule has 0 radical (unpaired) electrons. The van der Waals surface area contributed by atoms with E-state index in [-0.39, 0.29) is 0 Å². The summed E-state index contributed by atoms with van der Waals surface area (Å²) in [7, 11) is 0. The standard InChI is InChI=1S/C11H12O3/c1-2-7-3-4-9-8(5-7)6-10(14-9)11(12)13/h3-5,10H,2,6H2,1H3,(H,12,13)/t10-/m1/s1. The minimum atomic E-state index is -0.890. The second-order valence-electron chi connectivity index (χ2n) is 3.44. The number of carboxylic acid groups (broad SMARTS) is 1. The van der Waals surface area contributed by atoms with Gasteiger partial charge in [-0.1, -0.05) is 19.1 Å². The van der Waals surface area contributed by atoms with Gasteiger partial charge in [0.2, 0.25) is 0 Å². The van der Waals surface area contributed by atoms with Gasteiger partial charge >= 0.3 is 5.97 Å². The van der Waals surface area contributed by atoms with E-state index in [2.05, 4.69) is 6.92 Å². The fraction of sp³-hybridized carbons (Fsp3) is 0.364. The molecule has 1 aliphatic heterocycles. The quantitative estimate of drug-likeness (QED) is 0.774. The van der Waals surface area contributed by atoms with Gasteiger partial charge in [0, 0.05) is 6.42 Å². The van der Waals surface area contributed by atoms with Crippen LogP contribution >= 0.6 is 0 Å². The highest BCUT2D eigenvalue weighted by Crippen LogP contribution is 2.29. The Labute approximate surface area is 82.3 Å². The van der Waals surface area contributed by atoms with Crippen LogP contribution in [0.1, 0.15) is 18.1 Å². The van der Waals surface area contributed by atoms with Crippen molar-refractivity contribution >= 4 is 5.97 Å². The van der Waals surface area contributed by atoms with Crippen molar-refractivity contribution in [1.29, 1.82) is 0 Å². The molecule has 74 valence electrons. The van der Waals surface area contributed by atoms with Crippen LogP contribution < -0.4 is 4.74 Å². The summed E-state index contributed by atoms with van der Waals surface area (Å²) >= 11 is 0. The van der Waals surface area contributed by atoms with Gasteiger partial charge in [-0.3, -0.25) is 0 Å². The van der Waals surface area contributed by atoms with Crippen LogP contribution in [0.15, 0.2) is 18.2 Å². The summed E-state index contributed by atoms with van der Waals surface area (Å²) in [5.41, 5.74) is 2.23. The van der Waals surface area contributed by atoms with Gasteiger partial charge in [-0.15, -0.1) is 0 Å². The molecule has 1 aromatic carbocycles. The monoisotopic (exact) mass is 192 g/mol. The predicted octanol–water partition coefficient (Wildman–Crippen LogP) is 1.64. The lowest BCUT2D eigenvalue weighted by Crippen LogP contribution is -2.24. The van der Waals surface area contributed by atoms with Crippen molar-refractivity contribution in [3.63, 3.8) is 0 Å². The number of fused-ring (bicyclic) bond motifs is 1. The highest BCUT2D eigenvalue weighted by atomic mass is 16.5. The van der Waals surface area contributed by atoms with Crippen LogP contribution in [0.2, 0.25) is 0 Å². The van der Waals surface area contributed by atoms with Crippen LogP contribution in [0, 0.1) is 0 Å². The first kappa shape index (κ1) is 9.06. The minimum Gasteiger partial charge on any atom is -0.478 e. The molecule has 2 rings (SSSR count). The van der Waals surface area contributed by atoms with Crippen LogP contribution in [-0.4, -0.2) is 17.2 Å². The highest BCUT2D eigenvalue weighted by molar-refractivity contribution is 5.74. The van der Waals surface area contributed by atoms with Crippen molar-refractivity contribution in [1.82, 2.24) is 0 Å². The Balaban J connectivity index is 2.27. The SMILES string of the molecule is CCc1ccc2c(c1)C[C@H](C(=O)O)O2. The third-order valence-corrected chi connectivity index (χ3v) is 2.48. The third kappa shape index (κ3) is 1.45. The summed E-state index contributed by atoms with van der Waals surface area (Å²) in [5.74, 6) is -0.172. The molecule has 0 saturated carbocycles. The summed E-state index contributed by atoms with van der Waals surface area (Å²) in [5, 5.41) is 8.79. The summed E-state index contributed by atoms with van der Waals surface area (Å²) in [6.45, 7) is 2.08. The van der Waals surface area contributed by atoms with Crippen molar-refractivity contribution in [3.05, 3.63) is 29.3 Å². The van der Waals surface area contributed by atoms with Crippen molar-refractivity contribution in [2.45, 2.75) is 25.9 Å². The van der Waals surface area contributed by atoms with E-state index in [9.17, 15) is 4.79 Å². The van der Waals surface area contributed by atoms with Crippen molar-refractivity contribution < 1.29 is 14.6 Å². The van der Waals surface area contributed by atoms with E-state index in [0.29, 0.717) is 6.42 Å². The Morgan fingerprint density at radius 3 is 3.07 bits per heavy atom. The number of benzene rings is 1. The van der Waals surface area contributed by atoms with Gasteiger partial charge in [0.25, 0.3) is 0 Å². The van der Waals surface area contributed by atoms with Gasteiger partial charge in [0.1, 0.15) is 5.75 Å². The molecule has 0 unspecified atom stereocenters. The average molecular weight is 192 g/mol. The predicted molar refractivity (Wildman–Crippen MR) is 51.6 cm³/mol. The van der Waals surface area contributed by atoms with Gasteiger partial charge in [0.15, 0.2) is 6.10 Å². The van der Waals surface area contributed by atoms with Crippen LogP contribution in [0.3, 0.4) is 0 Å². The van der Waals surface area contributed by atoms with E-state index in [0.717, 1.165) is 17.7 Å². The third-order valence-electron chi connectivity index (χ3n) is 2.48. The zero-order valence-electron chi connectivity index (χ0n) is 7.99. The number of ether oxygens (including phenoxy) is 1. The summed E-state index contributed by atoms with van der Waals surface area (Å²) in [4.78, 5) is 10.7. The molecule has 0 saturated heterocycles. The molecule has 0 aromatic heterocycles. The molecular formula is C11H12O3. The van der Waals surface area contributed by atoms with E-state index in [1.54, 1.807) is 0 Å². The zero-order valence-corrected chi connectivity index (χ0v) is 7.99. The van der Waals surface area contributed by atoms with Crippen molar-refractivity contribution in [2.75, 3.05) is 0 Å². The average Bonchev–Trinajstić information content (AvgIpc) is 2.59. The molecule has 0 aliphatic carbocycles. The second kappa shape index (κ2) is 3.33. The van der Waals surface area contributed by atoms with Gasteiger partial charge in [-0.05, 0) is 23.6 Å². The van der Waals surface area contributed by atoms with E-state index in [4.69, 9.17) is 9.84 Å². The molecule has 3 heteroatoms. The molecule has 1 heterocycles. The largest absolute Gasteiger partial charge is 0.478 e.